The van der Waals surface area contributed by atoms with Crippen molar-refractivity contribution in [1.82, 2.24) is 29.7 Å². The maximum Gasteiger partial charge on any atom is 0.258 e. The van der Waals surface area contributed by atoms with Crippen molar-refractivity contribution in [1.29, 1.82) is 0 Å². The zero-order valence-corrected chi connectivity index (χ0v) is 10.7. The van der Waals surface area contributed by atoms with Crippen LogP contribution in [0.15, 0.2) is 12.7 Å². The minimum absolute atomic E-state index is 0.175. The third kappa shape index (κ3) is 2.47. The highest BCUT2D eigenvalue weighted by Gasteiger charge is 2.24. The number of hydrogen-bond acceptors (Lipinski definition) is 7. The second-order valence-corrected chi connectivity index (χ2v) is 4.82. The molecule has 3 N–H and O–H groups in total. The highest BCUT2D eigenvalue weighted by Crippen LogP contribution is 2.27. The molecule has 100 valence electrons. The Morgan fingerprint density at radius 2 is 2.21 bits per heavy atom. The molecule has 0 aliphatic heterocycles. The third-order valence-electron chi connectivity index (χ3n) is 3.44. The van der Waals surface area contributed by atoms with Gasteiger partial charge in [0.05, 0.1) is 0 Å². The van der Waals surface area contributed by atoms with E-state index in [1.807, 2.05) is 0 Å². The summed E-state index contributed by atoms with van der Waals surface area (Å²) in [5, 5.41) is 7.31. The predicted molar refractivity (Wildman–Crippen MR) is 69.6 cm³/mol. The fraction of sp³-hybridized carbons (Fsp3) is 0.545. The van der Waals surface area contributed by atoms with E-state index >= 15 is 0 Å². The fourth-order valence-electron chi connectivity index (χ4n) is 2.38. The van der Waals surface area contributed by atoms with Crippen LogP contribution in [0, 0.1) is 5.92 Å². The summed E-state index contributed by atoms with van der Waals surface area (Å²) in [5.74, 6) is 1.66. The van der Waals surface area contributed by atoms with Crippen LogP contribution in [0.4, 0.5) is 11.9 Å². The molecule has 0 saturated heterocycles. The van der Waals surface area contributed by atoms with E-state index in [9.17, 15) is 0 Å². The van der Waals surface area contributed by atoms with Gasteiger partial charge in [0.15, 0.2) is 0 Å². The van der Waals surface area contributed by atoms with Crippen molar-refractivity contribution in [3.05, 3.63) is 12.7 Å². The highest BCUT2D eigenvalue weighted by molar-refractivity contribution is 5.35. The van der Waals surface area contributed by atoms with Crippen molar-refractivity contribution in [2.45, 2.75) is 32.2 Å². The molecule has 0 bridgehead atoms. The maximum atomic E-state index is 5.71. The molecule has 1 fully saturated rings. The van der Waals surface area contributed by atoms with Gasteiger partial charge < -0.3 is 11.1 Å². The molecule has 2 aromatic rings. The number of nitrogens with two attached hydrogens (primary N) is 1. The van der Waals surface area contributed by atoms with Crippen molar-refractivity contribution >= 4 is 11.9 Å². The van der Waals surface area contributed by atoms with E-state index in [1.165, 1.54) is 30.2 Å². The summed E-state index contributed by atoms with van der Waals surface area (Å²) in [5.41, 5.74) is 5.71. The van der Waals surface area contributed by atoms with Crippen LogP contribution in [0.1, 0.15) is 26.2 Å². The number of nitrogen functional groups attached to an aromatic ring is 1. The SMILES string of the molecule is CC1CCCC1Nc1nc(N)nc(-n2cncn2)n1. The van der Waals surface area contributed by atoms with E-state index in [4.69, 9.17) is 5.73 Å². The Morgan fingerprint density at radius 1 is 1.32 bits per heavy atom. The number of anilines is 2. The smallest absolute Gasteiger partial charge is 0.258 e. The lowest BCUT2D eigenvalue weighted by atomic mass is 10.1. The minimum atomic E-state index is 0.175. The summed E-state index contributed by atoms with van der Waals surface area (Å²) in [6.45, 7) is 2.23. The molecule has 1 saturated carbocycles. The van der Waals surface area contributed by atoms with E-state index in [0.717, 1.165) is 6.42 Å². The number of aromatic nitrogens is 6. The van der Waals surface area contributed by atoms with E-state index < -0.39 is 0 Å². The van der Waals surface area contributed by atoms with Crippen molar-refractivity contribution in [3.8, 4) is 5.95 Å². The average molecular weight is 260 g/mol. The number of rotatable bonds is 3. The molecule has 0 aromatic carbocycles. The molecule has 3 rings (SSSR count). The molecule has 2 atom stereocenters. The van der Waals surface area contributed by atoms with E-state index in [0.29, 0.717) is 23.9 Å². The van der Waals surface area contributed by atoms with E-state index in [-0.39, 0.29) is 5.95 Å². The van der Waals surface area contributed by atoms with Gasteiger partial charge in [-0.25, -0.2) is 4.98 Å². The van der Waals surface area contributed by atoms with Gasteiger partial charge in [-0.3, -0.25) is 0 Å². The molecule has 2 unspecified atom stereocenters. The van der Waals surface area contributed by atoms with Crippen LogP contribution in [0.2, 0.25) is 0 Å². The largest absolute Gasteiger partial charge is 0.368 e. The lowest BCUT2D eigenvalue weighted by Gasteiger charge is -2.17. The summed E-state index contributed by atoms with van der Waals surface area (Å²) in [4.78, 5) is 16.4. The molecule has 1 aliphatic carbocycles. The predicted octanol–water partition coefficient (Wildman–Crippen LogP) is 0.635. The summed E-state index contributed by atoms with van der Waals surface area (Å²) >= 11 is 0. The molecule has 8 heteroatoms. The van der Waals surface area contributed by atoms with Crippen LogP contribution in [0.5, 0.6) is 0 Å². The molecule has 2 heterocycles. The standard InChI is InChI=1S/C11H16N8/c1-7-3-2-4-8(7)15-10-16-9(12)17-11(18-10)19-6-13-5-14-19/h5-8H,2-4H2,1H3,(H3,12,15,16,17,18). The zero-order chi connectivity index (χ0) is 13.2. The summed E-state index contributed by atoms with van der Waals surface area (Å²) in [6.07, 6.45) is 6.54. The monoisotopic (exact) mass is 260 g/mol. The molecular weight excluding hydrogens is 244 g/mol. The second kappa shape index (κ2) is 4.79. The first kappa shape index (κ1) is 11.8. The highest BCUT2D eigenvalue weighted by atomic mass is 15.4. The van der Waals surface area contributed by atoms with Gasteiger partial charge in [-0.1, -0.05) is 13.3 Å². The van der Waals surface area contributed by atoms with Gasteiger partial charge >= 0.3 is 0 Å². The van der Waals surface area contributed by atoms with E-state index in [1.54, 1.807) is 0 Å². The van der Waals surface area contributed by atoms with Crippen LogP contribution >= 0.6 is 0 Å². The first-order chi connectivity index (χ1) is 9.22. The normalized spacial score (nSPS) is 22.6. The lowest BCUT2D eigenvalue weighted by Crippen LogP contribution is -2.24. The Bertz CT molecular complexity index is 552. The van der Waals surface area contributed by atoms with Crippen molar-refractivity contribution in [2.24, 2.45) is 5.92 Å². The molecule has 1 aliphatic rings. The zero-order valence-electron chi connectivity index (χ0n) is 10.7. The fourth-order valence-corrected chi connectivity index (χ4v) is 2.38. The van der Waals surface area contributed by atoms with Crippen LogP contribution < -0.4 is 11.1 Å². The van der Waals surface area contributed by atoms with Gasteiger partial charge in [0, 0.05) is 6.04 Å². The Morgan fingerprint density at radius 3 is 2.89 bits per heavy atom. The molecule has 0 amide bonds. The summed E-state index contributed by atoms with van der Waals surface area (Å²) in [6, 6.07) is 0.394. The van der Waals surface area contributed by atoms with Crippen LogP contribution in [0.3, 0.4) is 0 Å². The molecule has 8 nitrogen and oxygen atoms in total. The summed E-state index contributed by atoms with van der Waals surface area (Å²) < 4.78 is 1.46. The topological polar surface area (TPSA) is 107 Å². The van der Waals surface area contributed by atoms with Crippen molar-refractivity contribution in [3.63, 3.8) is 0 Å². The molecule has 2 aromatic heterocycles. The maximum absolute atomic E-state index is 5.71. The van der Waals surface area contributed by atoms with Gasteiger partial charge in [-0.2, -0.15) is 24.7 Å². The Hall–Kier alpha value is -2.25. The first-order valence-electron chi connectivity index (χ1n) is 6.35. The Balaban J connectivity index is 1.85. The van der Waals surface area contributed by atoms with Crippen molar-refractivity contribution in [2.75, 3.05) is 11.1 Å². The first-order valence-corrected chi connectivity index (χ1v) is 6.35. The van der Waals surface area contributed by atoms with Crippen LogP contribution in [-0.2, 0) is 0 Å². The average Bonchev–Trinajstić information content (AvgIpc) is 3.01. The quantitative estimate of drug-likeness (QED) is 0.833. The molecular formula is C11H16N8. The molecule has 0 radical (unpaired) electrons. The Labute approximate surface area is 110 Å². The van der Waals surface area contributed by atoms with Crippen LogP contribution in [-0.4, -0.2) is 35.8 Å². The van der Waals surface area contributed by atoms with Gasteiger partial charge in [0.1, 0.15) is 12.7 Å². The van der Waals surface area contributed by atoms with E-state index in [2.05, 4.69) is 37.3 Å². The van der Waals surface area contributed by atoms with Gasteiger partial charge in [-0.05, 0) is 18.8 Å². The molecule has 0 spiro atoms. The molecule has 19 heavy (non-hydrogen) atoms. The number of nitrogens with one attached hydrogen (secondary N) is 1. The lowest BCUT2D eigenvalue weighted by molar-refractivity contribution is 0.552. The Kier molecular flexibility index (Phi) is 2.98. The minimum Gasteiger partial charge on any atom is -0.368 e. The third-order valence-corrected chi connectivity index (χ3v) is 3.44. The van der Waals surface area contributed by atoms with Gasteiger partial charge in [-0.15, -0.1) is 0 Å². The van der Waals surface area contributed by atoms with Gasteiger partial charge in [0.2, 0.25) is 11.9 Å². The number of hydrogen-bond donors (Lipinski definition) is 2. The second-order valence-electron chi connectivity index (χ2n) is 4.82. The van der Waals surface area contributed by atoms with Crippen molar-refractivity contribution < 1.29 is 0 Å². The van der Waals surface area contributed by atoms with Crippen LogP contribution in [0.25, 0.3) is 5.95 Å². The van der Waals surface area contributed by atoms with Gasteiger partial charge in [0.25, 0.3) is 5.95 Å². The summed E-state index contributed by atoms with van der Waals surface area (Å²) in [7, 11) is 0. The number of nitrogens with zero attached hydrogens (tertiary/aromatic N) is 6.